The minimum Gasteiger partial charge on any atom is -0.455 e. The molecule has 5 aliphatic carbocycles. The normalized spacial score (nSPS) is 60.4. The number of hydrogen-bond donors (Lipinski definition) is 7. The number of epoxide rings is 1. The SMILES string of the molecule is CC1(C)CCC23CCC4(C)C5(C)CCC6C(C)(CO)C(OC7OCC(O)C(O)C7OC7OC(CO)C(O)C(O)C7O)CCC6(C)C5C5OC5C4(OC2=O)C3C1. The highest BCUT2D eigenvalue weighted by Crippen LogP contribution is 2.83. The van der Waals surface area contributed by atoms with Crippen LogP contribution < -0.4 is 0 Å². The fourth-order valence-corrected chi connectivity index (χ4v) is 14.9. The Bertz CT molecular complexity index is 1540. The molecule has 7 N–H and O–H groups in total. The maximum atomic E-state index is 14.1. The Morgan fingerprint density at radius 3 is 2.20 bits per heavy atom. The molecule has 14 nitrogen and oxygen atoms in total. The van der Waals surface area contributed by atoms with Crippen LogP contribution in [0.1, 0.15) is 99.3 Å². The summed E-state index contributed by atoms with van der Waals surface area (Å²) in [6, 6.07) is 0. The quantitative estimate of drug-likeness (QED) is 0.114. The molecule has 0 radical (unpaired) electrons. The predicted molar refractivity (Wildman–Crippen MR) is 191 cm³/mol. The number of esters is 1. The van der Waals surface area contributed by atoms with Crippen molar-refractivity contribution < 1.29 is 69.0 Å². The molecule has 21 unspecified atom stereocenters. The molecule has 21 atom stereocenters. The fraction of sp³-hybridized carbons (Fsp3) is 0.976. The van der Waals surface area contributed by atoms with E-state index in [-0.39, 0.29) is 70.8 Å². The van der Waals surface area contributed by atoms with Gasteiger partial charge in [0, 0.05) is 16.7 Å². The van der Waals surface area contributed by atoms with Crippen LogP contribution in [0.25, 0.3) is 0 Å². The van der Waals surface area contributed by atoms with E-state index in [4.69, 9.17) is 28.4 Å². The van der Waals surface area contributed by atoms with Crippen LogP contribution in [-0.4, -0.2) is 141 Å². The molecule has 312 valence electrons. The second kappa shape index (κ2) is 12.5. The van der Waals surface area contributed by atoms with Gasteiger partial charge in [-0.3, -0.25) is 4.79 Å². The largest absolute Gasteiger partial charge is 0.455 e. The highest BCUT2D eigenvalue weighted by atomic mass is 16.8. The molecule has 55 heavy (non-hydrogen) atoms. The second-order valence-electron chi connectivity index (χ2n) is 21.0. The van der Waals surface area contributed by atoms with Crippen LogP contribution in [0.15, 0.2) is 0 Å². The third-order valence-electron chi connectivity index (χ3n) is 18.2. The number of carbonyl (C=O) groups is 1. The van der Waals surface area contributed by atoms with Crippen molar-refractivity contribution in [3.8, 4) is 0 Å². The van der Waals surface area contributed by atoms with Crippen LogP contribution in [0.2, 0.25) is 0 Å². The molecule has 4 heterocycles. The van der Waals surface area contributed by atoms with Gasteiger partial charge in [-0.1, -0.05) is 41.5 Å². The molecule has 9 rings (SSSR count). The molecule has 0 aromatic rings. The zero-order chi connectivity index (χ0) is 39.5. The predicted octanol–water partition coefficient (Wildman–Crippen LogP) is 1.16. The van der Waals surface area contributed by atoms with Gasteiger partial charge in [0.05, 0.1) is 37.4 Å². The van der Waals surface area contributed by atoms with E-state index in [2.05, 4.69) is 41.5 Å². The Kier molecular flexibility index (Phi) is 8.98. The van der Waals surface area contributed by atoms with Crippen LogP contribution in [0.4, 0.5) is 0 Å². The Labute approximate surface area is 323 Å². The lowest BCUT2D eigenvalue weighted by atomic mass is 9.30. The first-order valence-corrected chi connectivity index (χ1v) is 20.9. The molecule has 2 bridgehead atoms. The summed E-state index contributed by atoms with van der Waals surface area (Å²) in [5, 5.41) is 74.2. The van der Waals surface area contributed by atoms with Gasteiger partial charge in [0.1, 0.15) is 48.8 Å². The number of aliphatic hydroxyl groups is 7. The van der Waals surface area contributed by atoms with E-state index in [1.54, 1.807) is 0 Å². The summed E-state index contributed by atoms with van der Waals surface area (Å²) in [5.74, 6) is 0.285. The maximum absolute atomic E-state index is 14.1. The number of ether oxygens (including phenoxy) is 6. The molecule has 9 aliphatic rings. The molecular weight excluding hydrogens is 716 g/mol. The lowest BCUT2D eigenvalue weighted by Crippen LogP contribution is -2.75. The average Bonchev–Trinajstić information content (AvgIpc) is 3.90. The van der Waals surface area contributed by atoms with Gasteiger partial charge in [0.15, 0.2) is 18.2 Å². The van der Waals surface area contributed by atoms with E-state index in [9.17, 15) is 40.5 Å². The van der Waals surface area contributed by atoms with Gasteiger partial charge in [-0.25, -0.2) is 0 Å². The zero-order valence-electron chi connectivity index (χ0n) is 33.1. The van der Waals surface area contributed by atoms with Gasteiger partial charge in [-0.05, 0) is 85.9 Å². The summed E-state index contributed by atoms with van der Waals surface area (Å²) in [4.78, 5) is 14.1. The number of fused-ring (bicyclic) bond motifs is 6. The maximum Gasteiger partial charge on any atom is 0.313 e. The lowest BCUT2D eigenvalue weighted by Gasteiger charge is -2.72. The van der Waals surface area contributed by atoms with E-state index in [1.165, 1.54) is 0 Å². The molecule has 1 spiro atoms. The van der Waals surface area contributed by atoms with Crippen LogP contribution >= 0.6 is 0 Å². The van der Waals surface area contributed by atoms with Gasteiger partial charge in [0.25, 0.3) is 0 Å². The first-order valence-electron chi connectivity index (χ1n) is 20.9. The number of rotatable bonds is 6. The topological polar surface area (TPSA) is 217 Å². The number of carbonyl (C=O) groups excluding carboxylic acids is 1. The van der Waals surface area contributed by atoms with Crippen molar-refractivity contribution in [3.05, 3.63) is 0 Å². The Morgan fingerprint density at radius 2 is 1.49 bits per heavy atom. The minimum atomic E-state index is -1.73. The first-order chi connectivity index (χ1) is 25.8. The summed E-state index contributed by atoms with van der Waals surface area (Å²) in [6.45, 7) is 12.8. The fourth-order valence-electron chi connectivity index (χ4n) is 14.9. The third kappa shape index (κ3) is 4.94. The van der Waals surface area contributed by atoms with Crippen LogP contribution in [0, 0.1) is 50.2 Å². The van der Waals surface area contributed by atoms with Crippen molar-refractivity contribution in [2.45, 2.75) is 179 Å². The van der Waals surface area contributed by atoms with Gasteiger partial charge in [0.2, 0.25) is 0 Å². The Morgan fingerprint density at radius 1 is 0.764 bits per heavy atom. The molecule has 0 aromatic carbocycles. The molecule has 14 heteroatoms. The van der Waals surface area contributed by atoms with Gasteiger partial charge >= 0.3 is 5.97 Å². The standard InChI is InChI=1S/C41H64O14/c1-35(2)11-13-40-14-12-39(6)38(5)10-7-21-36(3,30(38)29-31(53-29)41(39,22(40)15-35)55-34(40)49)9-8-23(37(21,4)18-43)52-33-28(24(45)19(44)17-50-33)54-32-27(48)26(47)25(46)20(16-42)51-32/h19-33,42-48H,7-18H2,1-6H3. The van der Waals surface area contributed by atoms with Gasteiger partial charge in [-0.2, -0.15) is 0 Å². The third-order valence-corrected chi connectivity index (χ3v) is 18.2. The van der Waals surface area contributed by atoms with Crippen molar-refractivity contribution >= 4 is 5.97 Å². The van der Waals surface area contributed by atoms with Crippen molar-refractivity contribution in [2.75, 3.05) is 19.8 Å². The Hall–Kier alpha value is -1.01. The molecule has 4 saturated heterocycles. The van der Waals surface area contributed by atoms with Crippen LogP contribution in [-0.2, 0) is 33.2 Å². The van der Waals surface area contributed by atoms with Gasteiger partial charge < -0.3 is 64.2 Å². The van der Waals surface area contributed by atoms with E-state index >= 15 is 0 Å². The highest BCUT2D eigenvalue weighted by molar-refractivity contribution is 5.82. The summed E-state index contributed by atoms with van der Waals surface area (Å²) < 4.78 is 38.0. The van der Waals surface area contributed by atoms with Crippen LogP contribution in [0.3, 0.4) is 0 Å². The molecule has 5 saturated carbocycles. The van der Waals surface area contributed by atoms with Crippen molar-refractivity contribution in [2.24, 2.45) is 50.2 Å². The van der Waals surface area contributed by atoms with E-state index in [1.807, 2.05) is 0 Å². The van der Waals surface area contributed by atoms with E-state index in [0.29, 0.717) is 6.42 Å². The zero-order valence-corrected chi connectivity index (χ0v) is 33.1. The van der Waals surface area contributed by atoms with Crippen LogP contribution in [0.5, 0.6) is 0 Å². The Balaban J connectivity index is 0.996. The summed E-state index contributed by atoms with van der Waals surface area (Å²) in [7, 11) is 0. The molecule has 0 aromatic heterocycles. The first kappa shape index (κ1) is 39.5. The summed E-state index contributed by atoms with van der Waals surface area (Å²) >= 11 is 0. The van der Waals surface area contributed by atoms with E-state index in [0.717, 1.165) is 51.4 Å². The smallest absolute Gasteiger partial charge is 0.313 e. The van der Waals surface area contributed by atoms with Crippen molar-refractivity contribution in [3.63, 3.8) is 0 Å². The number of aliphatic hydroxyl groups excluding tert-OH is 7. The number of hydrogen-bond acceptors (Lipinski definition) is 14. The molecular formula is C41H64O14. The monoisotopic (exact) mass is 780 g/mol. The highest BCUT2D eigenvalue weighted by Gasteiger charge is 2.89. The van der Waals surface area contributed by atoms with Gasteiger partial charge in [-0.15, -0.1) is 0 Å². The summed E-state index contributed by atoms with van der Waals surface area (Å²) in [5.41, 5.74) is -2.47. The molecule has 4 aliphatic heterocycles. The summed E-state index contributed by atoms with van der Waals surface area (Å²) in [6.07, 6.45) is -6.50. The van der Waals surface area contributed by atoms with Crippen molar-refractivity contribution in [1.29, 1.82) is 0 Å². The molecule has 0 amide bonds. The lowest BCUT2D eigenvalue weighted by molar-refractivity contribution is -0.369. The van der Waals surface area contributed by atoms with E-state index < -0.39 is 84.4 Å². The molecule has 9 fully saturated rings. The average molecular weight is 781 g/mol. The second-order valence-corrected chi connectivity index (χ2v) is 21.0. The minimum absolute atomic E-state index is 0.00479. The van der Waals surface area contributed by atoms with Crippen molar-refractivity contribution in [1.82, 2.24) is 0 Å².